The number of rotatable bonds is 1. The van der Waals surface area contributed by atoms with Crippen molar-refractivity contribution >= 4 is 5.97 Å². The van der Waals surface area contributed by atoms with E-state index in [1.54, 1.807) is 0 Å². The summed E-state index contributed by atoms with van der Waals surface area (Å²) in [4.78, 5) is 12.6. The molecule has 0 N–H and O–H groups in total. The summed E-state index contributed by atoms with van der Waals surface area (Å²) in [5.41, 5.74) is 3.90. The fourth-order valence-electron chi connectivity index (χ4n) is 2.77. The molecule has 20 heavy (non-hydrogen) atoms. The smallest absolute Gasteiger partial charge is 0.318 e. The van der Waals surface area contributed by atoms with Gasteiger partial charge in [0.1, 0.15) is 11.5 Å². The van der Waals surface area contributed by atoms with Crippen LogP contribution in [0.15, 0.2) is 48.5 Å². The Morgan fingerprint density at radius 1 is 0.900 bits per heavy atom. The maximum absolute atomic E-state index is 12.6. The third-order valence-corrected chi connectivity index (χ3v) is 3.48. The number of carbonyl (C=O) groups excluding carboxylic acids is 1. The van der Waals surface area contributed by atoms with Crippen LogP contribution in [0.2, 0.25) is 0 Å². The first-order valence-corrected chi connectivity index (χ1v) is 6.88. The van der Waals surface area contributed by atoms with Crippen LogP contribution in [0, 0.1) is 0 Å². The lowest BCUT2D eigenvalue weighted by molar-refractivity contribution is -0.155. The van der Waals surface area contributed by atoms with Gasteiger partial charge in [-0.15, -0.1) is 0 Å². The molecular weight excluding hydrogens is 248 g/mol. The molecule has 1 aliphatic rings. The van der Waals surface area contributed by atoms with Gasteiger partial charge in [-0.25, -0.2) is 0 Å². The minimum atomic E-state index is -0.469. The van der Waals surface area contributed by atoms with Crippen LogP contribution >= 0.6 is 0 Å². The Morgan fingerprint density at radius 3 is 1.80 bits per heavy atom. The van der Waals surface area contributed by atoms with E-state index in [-0.39, 0.29) is 11.9 Å². The van der Waals surface area contributed by atoms with Gasteiger partial charge in [0.25, 0.3) is 0 Å². The number of fused-ring (bicyclic) bond motifs is 3. The molecule has 0 aliphatic heterocycles. The molecule has 2 heteroatoms. The summed E-state index contributed by atoms with van der Waals surface area (Å²) in [6, 6.07) is 16.1. The SMILES string of the molecule is CC(C)(C)OC(=O)C1c2ccccc2-c2ccccc21. The van der Waals surface area contributed by atoms with Crippen LogP contribution < -0.4 is 0 Å². The average molecular weight is 266 g/mol. The Labute approximate surface area is 119 Å². The zero-order valence-electron chi connectivity index (χ0n) is 12.0. The lowest BCUT2D eigenvalue weighted by Gasteiger charge is -2.23. The summed E-state index contributed by atoms with van der Waals surface area (Å²) in [6.45, 7) is 5.70. The van der Waals surface area contributed by atoms with Gasteiger partial charge in [-0.3, -0.25) is 4.79 Å². The van der Waals surface area contributed by atoms with Crippen LogP contribution in [-0.4, -0.2) is 11.6 Å². The van der Waals surface area contributed by atoms with Crippen LogP contribution in [0.1, 0.15) is 37.8 Å². The first-order chi connectivity index (χ1) is 9.47. The molecule has 2 aromatic rings. The molecule has 3 rings (SSSR count). The molecular formula is C18H18O2. The van der Waals surface area contributed by atoms with Gasteiger partial charge >= 0.3 is 5.97 Å². The summed E-state index contributed by atoms with van der Waals surface area (Å²) >= 11 is 0. The predicted molar refractivity (Wildman–Crippen MR) is 79.6 cm³/mol. The minimum Gasteiger partial charge on any atom is -0.459 e. The highest BCUT2D eigenvalue weighted by atomic mass is 16.6. The van der Waals surface area contributed by atoms with Gasteiger partial charge in [0.05, 0.1) is 0 Å². The van der Waals surface area contributed by atoms with E-state index in [2.05, 4.69) is 12.1 Å². The molecule has 2 nitrogen and oxygen atoms in total. The first kappa shape index (κ1) is 12.9. The van der Waals surface area contributed by atoms with Crippen LogP contribution in [0.3, 0.4) is 0 Å². The van der Waals surface area contributed by atoms with Crippen LogP contribution in [0.4, 0.5) is 0 Å². The first-order valence-electron chi connectivity index (χ1n) is 6.88. The summed E-state index contributed by atoms with van der Waals surface area (Å²) in [5, 5.41) is 0. The van der Waals surface area contributed by atoms with Crippen molar-refractivity contribution in [3.63, 3.8) is 0 Å². The van der Waals surface area contributed by atoms with Crippen molar-refractivity contribution in [2.24, 2.45) is 0 Å². The molecule has 0 unspecified atom stereocenters. The molecule has 0 radical (unpaired) electrons. The van der Waals surface area contributed by atoms with Gasteiger partial charge in [0.2, 0.25) is 0 Å². The van der Waals surface area contributed by atoms with E-state index < -0.39 is 5.60 Å². The molecule has 0 heterocycles. The maximum atomic E-state index is 12.6. The van der Waals surface area contributed by atoms with E-state index in [9.17, 15) is 4.79 Å². The Balaban J connectivity index is 2.10. The summed E-state index contributed by atoms with van der Waals surface area (Å²) in [7, 11) is 0. The van der Waals surface area contributed by atoms with E-state index in [0.717, 1.165) is 22.3 Å². The minimum absolute atomic E-state index is 0.171. The van der Waals surface area contributed by atoms with Crippen molar-refractivity contribution in [3.8, 4) is 11.1 Å². The highest BCUT2D eigenvalue weighted by molar-refractivity contribution is 5.93. The lowest BCUT2D eigenvalue weighted by atomic mass is 9.97. The van der Waals surface area contributed by atoms with Gasteiger partial charge < -0.3 is 4.74 Å². The highest BCUT2D eigenvalue weighted by Gasteiger charge is 2.36. The topological polar surface area (TPSA) is 26.3 Å². The van der Waals surface area contributed by atoms with Crippen LogP contribution in [-0.2, 0) is 9.53 Å². The Bertz CT molecular complexity index is 620. The summed E-state index contributed by atoms with van der Waals surface area (Å²) in [6.07, 6.45) is 0. The molecule has 0 bridgehead atoms. The zero-order valence-corrected chi connectivity index (χ0v) is 12.0. The van der Waals surface area contributed by atoms with Crippen molar-refractivity contribution in [1.82, 2.24) is 0 Å². The molecule has 1 aliphatic carbocycles. The summed E-state index contributed by atoms with van der Waals surface area (Å²) in [5.74, 6) is -0.475. The third-order valence-electron chi connectivity index (χ3n) is 3.48. The second kappa shape index (κ2) is 4.48. The number of hydrogen-bond acceptors (Lipinski definition) is 2. The average Bonchev–Trinajstić information content (AvgIpc) is 2.71. The lowest BCUT2D eigenvalue weighted by Crippen LogP contribution is -2.27. The van der Waals surface area contributed by atoms with E-state index >= 15 is 0 Å². The van der Waals surface area contributed by atoms with Crippen molar-refractivity contribution < 1.29 is 9.53 Å². The third kappa shape index (κ3) is 2.11. The van der Waals surface area contributed by atoms with Gasteiger partial charge in [0.15, 0.2) is 0 Å². The van der Waals surface area contributed by atoms with E-state index in [0.29, 0.717) is 0 Å². The number of hydrogen-bond donors (Lipinski definition) is 0. The Hall–Kier alpha value is -2.09. The molecule has 0 fully saturated rings. The van der Waals surface area contributed by atoms with Gasteiger partial charge in [-0.2, -0.15) is 0 Å². The predicted octanol–water partition coefficient (Wildman–Crippen LogP) is 4.14. The molecule has 0 saturated heterocycles. The second-order valence-corrected chi connectivity index (χ2v) is 6.14. The zero-order chi connectivity index (χ0) is 14.3. The monoisotopic (exact) mass is 266 g/mol. The molecule has 0 spiro atoms. The molecule has 0 amide bonds. The maximum Gasteiger partial charge on any atom is 0.318 e. The Morgan fingerprint density at radius 2 is 1.35 bits per heavy atom. The van der Waals surface area contributed by atoms with Crippen molar-refractivity contribution in [3.05, 3.63) is 59.7 Å². The van der Waals surface area contributed by atoms with Crippen molar-refractivity contribution in [1.29, 1.82) is 0 Å². The van der Waals surface area contributed by atoms with Crippen LogP contribution in [0.25, 0.3) is 11.1 Å². The molecule has 0 saturated carbocycles. The van der Waals surface area contributed by atoms with Crippen molar-refractivity contribution in [2.45, 2.75) is 32.3 Å². The standard InChI is InChI=1S/C18H18O2/c1-18(2,3)20-17(19)16-14-10-6-4-8-12(14)13-9-5-7-11-15(13)16/h4-11,16H,1-3H3. The largest absolute Gasteiger partial charge is 0.459 e. The highest BCUT2D eigenvalue weighted by Crippen LogP contribution is 2.45. The fourth-order valence-corrected chi connectivity index (χ4v) is 2.77. The van der Waals surface area contributed by atoms with E-state index in [1.807, 2.05) is 57.2 Å². The Kier molecular flexibility index (Phi) is 2.89. The van der Waals surface area contributed by atoms with Crippen molar-refractivity contribution in [2.75, 3.05) is 0 Å². The molecule has 2 aromatic carbocycles. The molecule has 0 aromatic heterocycles. The fraction of sp³-hybridized carbons (Fsp3) is 0.278. The summed E-state index contributed by atoms with van der Waals surface area (Å²) < 4.78 is 5.60. The quantitative estimate of drug-likeness (QED) is 0.725. The molecule has 0 atom stereocenters. The normalized spacial score (nSPS) is 13.8. The van der Waals surface area contributed by atoms with Gasteiger partial charge in [0, 0.05) is 0 Å². The van der Waals surface area contributed by atoms with Gasteiger partial charge in [-0.1, -0.05) is 48.5 Å². The second-order valence-electron chi connectivity index (χ2n) is 6.14. The number of carbonyl (C=O) groups is 1. The number of ether oxygens (including phenoxy) is 1. The number of benzene rings is 2. The molecule has 102 valence electrons. The van der Waals surface area contributed by atoms with Gasteiger partial charge in [-0.05, 0) is 43.0 Å². The van der Waals surface area contributed by atoms with E-state index in [1.165, 1.54) is 0 Å². The number of esters is 1. The van der Waals surface area contributed by atoms with E-state index in [4.69, 9.17) is 4.74 Å². The van der Waals surface area contributed by atoms with Crippen LogP contribution in [0.5, 0.6) is 0 Å².